The van der Waals surface area contributed by atoms with Gasteiger partial charge < -0.3 is 15.5 Å². The van der Waals surface area contributed by atoms with Gasteiger partial charge in [-0.15, -0.1) is 0 Å². The summed E-state index contributed by atoms with van der Waals surface area (Å²) in [4.78, 5) is 10.9. The van der Waals surface area contributed by atoms with Crippen LogP contribution >= 0.6 is 15.9 Å². The highest BCUT2D eigenvalue weighted by Gasteiger charge is 2.09. The quantitative estimate of drug-likeness (QED) is 0.507. The van der Waals surface area contributed by atoms with Gasteiger partial charge in [0.1, 0.15) is 11.3 Å². The predicted molar refractivity (Wildman–Crippen MR) is 90.6 cm³/mol. The first-order valence-corrected chi connectivity index (χ1v) is 7.90. The summed E-state index contributed by atoms with van der Waals surface area (Å²) in [5.41, 5.74) is 1.92. The first kappa shape index (κ1) is 16.4. The fourth-order valence-corrected chi connectivity index (χ4v) is 2.64. The molecule has 2 rings (SSSR count). The summed E-state index contributed by atoms with van der Waals surface area (Å²) in [6.45, 7) is 0.762. The van der Waals surface area contributed by atoms with Crippen LogP contribution in [0.1, 0.15) is 28.8 Å². The summed E-state index contributed by atoms with van der Waals surface area (Å²) >= 11 is 3.46. The van der Waals surface area contributed by atoms with Gasteiger partial charge in [0, 0.05) is 16.7 Å². The lowest BCUT2D eigenvalue weighted by atomic mass is 10.1. The maximum atomic E-state index is 10.9. The van der Waals surface area contributed by atoms with Crippen LogP contribution < -0.4 is 5.32 Å². The summed E-state index contributed by atoms with van der Waals surface area (Å²) in [7, 11) is 0. The molecule has 0 bridgehead atoms. The summed E-state index contributed by atoms with van der Waals surface area (Å²) in [5, 5.41) is 21.6. The standard InChI is InChI=1S/C17H18BrNO3/c18-13-6-3-5-12(10-13)4-1-2-9-19-14-7-8-16(20)15(11-14)17(21)22/h3,5-8,10-11,19-20H,1-2,4,9H2,(H,21,22). The molecule has 0 saturated carbocycles. The van der Waals surface area contributed by atoms with Gasteiger partial charge >= 0.3 is 5.97 Å². The monoisotopic (exact) mass is 363 g/mol. The van der Waals surface area contributed by atoms with Gasteiger partial charge in [0.15, 0.2) is 0 Å². The van der Waals surface area contributed by atoms with Crippen LogP contribution in [0.4, 0.5) is 5.69 Å². The molecule has 0 saturated heterocycles. The average molecular weight is 364 g/mol. The summed E-state index contributed by atoms with van der Waals surface area (Å²) in [5.74, 6) is -1.34. The summed E-state index contributed by atoms with van der Waals surface area (Å²) in [6.07, 6.45) is 3.04. The molecule has 0 aliphatic carbocycles. The first-order chi connectivity index (χ1) is 10.6. The van der Waals surface area contributed by atoms with Crippen LogP contribution in [0.25, 0.3) is 0 Å². The Morgan fingerprint density at radius 3 is 2.68 bits per heavy atom. The Hall–Kier alpha value is -2.01. The molecule has 5 heteroatoms. The number of phenols is 1. The maximum absolute atomic E-state index is 10.9. The fourth-order valence-electron chi connectivity index (χ4n) is 2.20. The molecule has 0 fully saturated rings. The highest BCUT2D eigenvalue weighted by atomic mass is 79.9. The number of rotatable bonds is 7. The Kier molecular flexibility index (Phi) is 5.83. The molecule has 0 aromatic heterocycles. The normalized spacial score (nSPS) is 10.4. The maximum Gasteiger partial charge on any atom is 0.339 e. The molecule has 0 heterocycles. The van der Waals surface area contributed by atoms with Gasteiger partial charge in [-0.05, 0) is 55.2 Å². The predicted octanol–water partition coefficient (Wildman–Crippen LogP) is 4.29. The molecule has 0 amide bonds. The van der Waals surface area contributed by atoms with Crippen LogP contribution in [0.2, 0.25) is 0 Å². The number of carboxylic acids is 1. The van der Waals surface area contributed by atoms with E-state index in [1.807, 2.05) is 12.1 Å². The summed E-state index contributed by atoms with van der Waals surface area (Å²) < 4.78 is 1.09. The molecule has 116 valence electrons. The third-order valence-corrected chi connectivity index (χ3v) is 3.83. The van der Waals surface area contributed by atoms with Crippen molar-refractivity contribution in [1.82, 2.24) is 0 Å². The Morgan fingerprint density at radius 2 is 1.95 bits per heavy atom. The van der Waals surface area contributed by atoms with E-state index in [1.165, 1.54) is 17.7 Å². The van der Waals surface area contributed by atoms with Crippen LogP contribution in [-0.4, -0.2) is 22.7 Å². The van der Waals surface area contributed by atoms with Crippen molar-refractivity contribution in [1.29, 1.82) is 0 Å². The number of benzene rings is 2. The van der Waals surface area contributed by atoms with Gasteiger partial charge in [-0.25, -0.2) is 4.79 Å². The third-order valence-electron chi connectivity index (χ3n) is 3.34. The zero-order valence-corrected chi connectivity index (χ0v) is 13.6. The molecular formula is C17H18BrNO3. The molecular weight excluding hydrogens is 346 g/mol. The van der Waals surface area contributed by atoms with Gasteiger partial charge in [0.2, 0.25) is 0 Å². The Labute approximate surface area is 137 Å². The molecule has 0 unspecified atom stereocenters. The molecule has 0 atom stereocenters. The van der Waals surface area contributed by atoms with Crippen molar-refractivity contribution in [2.75, 3.05) is 11.9 Å². The number of nitrogens with one attached hydrogen (secondary N) is 1. The lowest BCUT2D eigenvalue weighted by Crippen LogP contribution is -2.04. The number of halogens is 1. The van der Waals surface area contributed by atoms with E-state index in [1.54, 1.807) is 6.07 Å². The van der Waals surface area contributed by atoms with Gasteiger partial charge in [0.05, 0.1) is 0 Å². The van der Waals surface area contributed by atoms with Gasteiger partial charge in [-0.1, -0.05) is 28.1 Å². The molecule has 2 aromatic carbocycles. The number of hydrogen-bond acceptors (Lipinski definition) is 3. The zero-order chi connectivity index (χ0) is 15.9. The van der Waals surface area contributed by atoms with E-state index >= 15 is 0 Å². The number of carboxylic acid groups (broad SMARTS) is 1. The smallest absolute Gasteiger partial charge is 0.339 e. The number of carbonyl (C=O) groups is 1. The second kappa shape index (κ2) is 7.84. The van der Waals surface area contributed by atoms with Crippen molar-refractivity contribution in [2.45, 2.75) is 19.3 Å². The van der Waals surface area contributed by atoms with Crippen LogP contribution in [0.3, 0.4) is 0 Å². The van der Waals surface area contributed by atoms with E-state index in [0.29, 0.717) is 5.69 Å². The van der Waals surface area contributed by atoms with Gasteiger partial charge in [-0.3, -0.25) is 0 Å². The number of aromatic carboxylic acids is 1. The average Bonchev–Trinajstić information content (AvgIpc) is 2.48. The van der Waals surface area contributed by atoms with Crippen molar-refractivity contribution in [3.63, 3.8) is 0 Å². The molecule has 0 aliphatic rings. The largest absolute Gasteiger partial charge is 0.507 e. The highest BCUT2D eigenvalue weighted by Crippen LogP contribution is 2.21. The van der Waals surface area contributed by atoms with E-state index < -0.39 is 5.97 Å². The minimum absolute atomic E-state index is 0.0841. The minimum Gasteiger partial charge on any atom is -0.507 e. The number of hydrogen-bond donors (Lipinski definition) is 3. The lowest BCUT2D eigenvalue weighted by Gasteiger charge is -2.08. The van der Waals surface area contributed by atoms with Gasteiger partial charge in [0.25, 0.3) is 0 Å². The van der Waals surface area contributed by atoms with Crippen molar-refractivity contribution < 1.29 is 15.0 Å². The Morgan fingerprint density at radius 1 is 1.14 bits per heavy atom. The second-order valence-corrected chi connectivity index (χ2v) is 5.97. The highest BCUT2D eigenvalue weighted by molar-refractivity contribution is 9.10. The molecule has 0 aliphatic heterocycles. The fraction of sp³-hybridized carbons (Fsp3) is 0.235. The molecule has 0 spiro atoms. The number of aryl methyl sites for hydroxylation is 1. The molecule has 2 aromatic rings. The van der Waals surface area contributed by atoms with E-state index in [0.717, 1.165) is 30.3 Å². The van der Waals surface area contributed by atoms with E-state index in [2.05, 4.69) is 33.4 Å². The number of aromatic hydroxyl groups is 1. The molecule has 0 radical (unpaired) electrons. The molecule has 22 heavy (non-hydrogen) atoms. The van der Waals surface area contributed by atoms with Crippen LogP contribution in [0.15, 0.2) is 46.9 Å². The molecule has 4 nitrogen and oxygen atoms in total. The number of anilines is 1. The topological polar surface area (TPSA) is 69.6 Å². The van der Waals surface area contributed by atoms with E-state index in [4.69, 9.17) is 5.11 Å². The minimum atomic E-state index is -1.13. The van der Waals surface area contributed by atoms with Crippen LogP contribution in [0.5, 0.6) is 5.75 Å². The first-order valence-electron chi connectivity index (χ1n) is 7.11. The Balaban J connectivity index is 1.77. The lowest BCUT2D eigenvalue weighted by molar-refractivity contribution is 0.0694. The van der Waals surface area contributed by atoms with Crippen molar-refractivity contribution >= 4 is 27.6 Å². The molecule has 3 N–H and O–H groups in total. The van der Waals surface area contributed by atoms with Crippen molar-refractivity contribution in [3.8, 4) is 5.75 Å². The Bertz CT molecular complexity index is 658. The summed E-state index contributed by atoms with van der Waals surface area (Å²) in [6, 6.07) is 12.8. The SMILES string of the molecule is O=C(O)c1cc(NCCCCc2cccc(Br)c2)ccc1O. The van der Waals surface area contributed by atoms with E-state index in [9.17, 15) is 9.90 Å². The third kappa shape index (κ3) is 4.77. The zero-order valence-electron chi connectivity index (χ0n) is 12.1. The number of unbranched alkanes of at least 4 members (excludes halogenated alkanes) is 1. The van der Waals surface area contributed by atoms with Crippen molar-refractivity contribution in [3.05, 3.63) is 58.1 Å². The van der Waals surface area contributed by atoms with E-state index in [-0.39, 0.29) is 11.3 Å². The van der Waals surface area contributed by atoms with Crippen LogP contribution in [-0.2, 0) is 6.42 Å². The van der Waals surface area contributed by atoms with Crippen LogP contribution in [0, 0.1) is 0 Å². The van der Waals surface area contributed by atoms with Gasteiger partial charge in [-0.2, -0.15) is 0 Å². The second-order valence-electron chi connectivity index (χ2n) is 5.05. The van der Waals surface area contributed by atoms with Crippen molar-refractivity contribution in [2.24, 2.45) is 0 Å².